The highest BCUT2D eigenvalue weighted by Crippen LogP contribution is 2.27. The lowest BCUT2D eigenvalue weighted by Crippen LogP contribution is -3.13. The molecule has 0 saturated carbocycles. The van der Waals surface area contributed by atoms with E-state index in [-0.39, 0.29) is 5.91 Å². The molecule has 0 atom stereocenters. The Morgan fingerprint density at radius 2 is 1.68 bits per heavy atom. The van der Waals surface area contributed by atoms with Crippen molar-refractivity contribution in [1.29, 1.82) is 0 Å². The largest absolute Gasteiger partial charge is 0.328 e. The highest BCUT2D eigenvalue weighted by atomic mass is 32.2. The normalized spacial score (nSPS) is 15.6. The monoisotopic (exact) mass is 355 g/mol. The van der Waals surface area contributed by atoms with Gasteiger partial charge in [0, 0.05) is 15.7 Å². The molecule has 0 unspecified atom stereocenters. The topological polar surface area (TPSA) is 24.8 Å². The molecule has 2 aromatic rings. The zero-order valence-corrected chi connectivity index (χ0v) is 15.9. The molecule has 132 valence electrons. The lowest BCUT2D eigenvalue weighted by Gasteiger charge is -2.32. The Balaban J connectivity index is 1.60. The number of carbonyl (C=O) groups is 1. The van der Waals surface area contributed by atoms with E-state index in [1.54, 1.807) is 16.7 Å². The lowest BCUT2D eigenvalue weighted by atomic mass is 10.1. The number of benzene rings is 2. The van der Waals surface area contributed by atoms with Crippen molar-refractivity contribution in [3.63, 3.8) is 0 Å². The molecule has 0 aromatic heterocycles. The van der Waals surface area contributed by atoms with Gasteiger partial charge in [-0.05, 0) is 12.1 Å². The molecular formula is C21H27N2OS+. The molecule has 2 aromatic carbocycles. The molecule has 1 saturated heterocycles. The van der Waals surface area contributed by atoms with Gasteiger partial charge in [-0.2, -0.15) is 0 Å². The number of thioether (sulfide) groups is 1. The van der Waals surface area contributed by atoms with Crippen LogP contribution in [0, 0.1) is 0 Å². The Hall–Kier alpha value is -1.78. The summed E-state index contributed by atoms with van der Waals surface area (Å²) < 4.78 is 0. The highest BCUT2D eigenvalue weighted by Gasteiger charge is 2.26. The van der Waals surface area contributed by atoms with E-state index in [1.165, 1.54) is 5.56 Å². The summed E-state index contributed by atoms with van der Waals surface area (Å²) in [5.41, 5.74) is 2.23. The van der Waals surface area contributed by atoms with Gasteiger partial charge in [-0.1, -0.05) is 56.3 Å². The molecule has 1 N–H and O–H groups in total. The molecule has 25 heavy (non-hydrogen) atoms. The van der Waals surface area contributed by atoms with Crippen LogP contribution in [0.4, 0.5) is 0 Å². The van der Waals surface area contributed by atoms with Crippen LogP contribution in [0.25, 0.3) is 0 Å². The Labute approximate surface area is 155 Å². The van der Waals surface area contributed by atoms with Crippen LogP contribution in [-0.4, -0.2) is 42.2 Å². The highest BCUT2D eigenvalue weighted by molar-refractivity contribution is 8.00. The van der Waals surface area contributed by atoms with E-state index in [4.69, 9.17) is 0 Å². The number of quaternary nitrogens is 1. The number of nitrogens with one attached hydrogen (secondary N) is 1. The van der Waals surface area contributed by atoms with Gasteiger partial charge in [0.15, 0.2) is 0 Å². The number of piperazine rings is 1. The van der Waals surface area contributed by atoms with Gasteiger partial charge >= 0.3 is 0 Å². The van der Waals surface area contributed by atoms with Crippen LogP contribution in [0.1, 0.15) is 29.8 Å². The van der Waals surface area contributed by atoms with E-state index in [1.807, 2.05) is 23.1 Å². The van der Waals surface area contributed by atoms with Gasteiger partial charge in [-0.15, -0.1) is 11.8 Å². The fourth-order valence-electron chi connectivity index (χ4n) is 3.26. The average Bonchev–Trinajstić information content (AvgIpc) is 2.63. The Morgan fingerprint density at radius 1 is 1.04 bits per heavy atom. The number of rotatable bonds is 5. The summed E-state index contributed by atoms with van der Waals surface area (Å²) in [4.78, 5) is 17.6. The van der Waals surface area contributed by atoms with Gasteiger partial charge in [-0.25, -0.2) is 0 Å². The minimum atomic E-state index is 0.183. The van der Waals surface area contributed by atoms with Crippen molar-refractivity contribution in [2.24, 2.45) is 0 Å². The summed E-state index contributed by atoms with van der Waals surface area (Å²) in [6.07, 6.45) is 0. The fourth-order valence-corrected chi connectivity index (χ4v) is 4.21. The number of hydrogen-bond acceptors (Lipinski definition) is 2. The molecule has 1 heterocycles. The summed E-state index contributed by atoms with van der Waals surface area (Å²) in [6, 6.07) is 18.6. The number of hydrogen-bond donors (Lipinski definition) is 1. The maximum absolute atomic E-state index is 13.0. The first-order valence-electron chi connectivity index (χ1n) is 9.06. The van der Waals surface area contributed by atoms with Crippen molar-refractivity contribution in [2.75, 3.05) is 26.2 Å². The molecule has 4 heteroatoms. The van der Waals surface area contributed by atoms with Gasteiger partial charge in [0.05, 0.1) is 31.7 Å². The van der Waals surface area contributed by atoms with Crippen molar-refractivity contribution in [3.8, 4) is 0 Å². The van der Waals surface area contributed by atoms with E-state index < -0.39 is 0 Å². The molecule has 3 rings (SSSR count). The standard InChI is InChI=1S/C21H26N2OS/c1-17(2)25-20-11-7-6-10-19(20)21(24)23-14-12-22(13-15-23)16-18-8-4-3-5-9-18/h3-11,17H,12-16H2,1-2H3/p+1. The molecule has 1 aliphatic heterocycles. The maximum atomic E-state index is 13.0. The smallest absolute Gasteiger partial charge is 0.255 e. The van der Waals surface area contributed by atoms with Crippen LogP contribution < -0.4 is 4.90 Å². The molecule has 1 aliphatic rings. The molecule has 0 radical (unpaired) electrons. The van der Waals surface area contributed by atoms with E-state index in [2.05, 4.69) is 50.2 Å². The Bertz CT molecular complexity index is 694. The quantitative estimate of drug-likeness (QED) is 0.834. The third-order valence-corrected chi connectivity index (χ3v) is 5.62. The molecule has 1 amide bonds. The van der Waals surface area contributed by atoms with Gasteiger partial charge in [0.25, 0.3) is 5.91 Å². The van der Waals surface area contributed by atoms with Crippen LogP contribution in [0.5, 0.6) is 0 Å². The lowest BCUT2D eigenvalue weighted by molar-refractivity contribution is -0.917. The van der Waals surface area contributed by atoms with Crippen LogP contribution in [-0.2, 0) is 6.54 Å². The molecule has 0 spiro atoms. The first kappa shape index (κ1) is 18.0. The summed E-state index contributed by atoms with van der Waals surface area (Å²) in [5.74, 6) is 0.183. The summed E-state index contributed by atoms with van der Waals surface area (Å²) >= 11 is 1.77. The summed E-state index contributed by atoms with van der Waals surface area (Å²) in [7, 11) is 0. The molecule has 0 bridgehead atoms. The maximum Gasteiger partial charge on any atom is 0.255 e. The van der Waals surface area contributed by atoms with Gasteiger partial charge < -0.3 is 9.80 Å². The number of nitrogens with zero attached hydrogens (tertiary/aromatic N) is 1. The second kappa shape index (κ2) is 8.54. The SMILES string of the molecule is CC(C)Sc1ccccc1C(=O)N1CC[NH+](Cc2ccccc2)CC1. The first-order valence-corrected chi connectivity index (χ1v) is 9.94. The van der Waals surface area contributed by atoms with Crippen LogP contribution >= 0.6 is 11.8 Å². The van der Waals surface area contributed by atoms with Gasteiger partial charge in [0.2, 0.25) is 0 Å². The predicted octanol–water partition coefficient (Wildman–Crippen LogP) is 2.73. The molecule has 3 nitrogen and oxygen atoms in total. The van der Waals surface area contributed by atoms with Crippen LogP contribution in [0.2, 0.25) is 0 Å². The minimum absolute atomic E-state index is 0.183. The Kier molecular flexibility index (Phi) is 6.16. The van der Waals surface area contributed by atoms with Crippen molar-refractivity contribution < 1.29 is 9.69 Å². The summed E-state index contributed by atoms with van der Waals surface area (Å²) in [5, 5.41) is 0.473. The molecular weight excluding hydrogens is 328 g/mol. The third-order valence-electron chi connectivity index (χ3n) is 4.53. The van der Waals surface area contributed by atoms with E-state index >= 15 is 0 Å². The van der Waals surface area contributed by atoms with Gasteiger partial charge in [0.1, 0.15) is 6.54 Å². The predicted molar refractivity (Wildman–Crippen MR) is 104 cm³/mol. The average molecular weight is 356 g/mol. The Morgan fingerprint density at radius 3 is 2.36 bits per heavy atom. The van der Waals surface area contributed by atoms with E-state index in [0.29, 0.717) is 5.25 Å². The second-order valence-electron chi connectivity index (χ2n) is 6.87. The minimum Gasteiger partial charge on any atom is -0.328 e. The molecule has 0 aliphatic carbocycles. The van der Waals surface area contributed by atoms with Crippen LogP contribution in [0.15, 0.2) is 59.5 Å². The fraction of sp³-hybridized carbons (Fsp3) is 0.381. The third kappa shape index (κ3) is 4.86. The van der Waals surface area contributed by atoms with Crippen LogP contribution in [0.3, 0.4) is 0 Å². The molecule has 1 fully saturated rings. The zero-order chi connectivity index (χ0) is 17.6. The summed E-state index contributed by atoms with van der Waals surface area (Å²) in [6.45, 7) is 9.07. The second-order valence-corrected chi connectivity index (χ2v) is 8.49. The zero-order valence-electron chi connectivity index (χ0n) is 15.1. The van der Waals surface area contributed by atoms with E-state index in [0.717, 1.165) is 43.2 Å². The van der Waals surface area contributed by atoms with Crippen molar-refractivity contribution in [3.05, 3.63) is 65.7 Å². The van der Waals surface area contributed by atoms with Crippen molar-refractivity contribution >= 4 is 17.7 Å². The first-order chi connectivity index (χ1) is 12.1. The number of carbonyl (C=O) groups excluding carboxylic acids is 1. The van der Waals surface area contributed by atoms with E-state index in [9.17, 15) is 4.79 Å². The van der Waals surface area contributed by atoms with Gasteiger partial charge in [-0.3, -0.25) is 4.79 Å². The van der Waals surface area contributed by atoms with Crippen molar-refractivity contribution in [1.82, 2.24) is 4.90 Å². The number of amides is 1. The van der Waals surface area contributed by atoms with Crippen molar-refractivity contribution in [2.45, 2.75) is 30.5 Å².